The summed E-state index contributed by atoms with van der Waals surface area (Å²) in [7, 11) is -3.19. The van der Waals surface area contributed by atoms with E-state index >= 15 is 4.57 Å². The van der Waals surface area contributed by atoms with Gasteiger partial charge < -0.3 is 9.13 Å². The van der Waals surface area contributed by atoms with Gasteiger partial charge in [-0.05, 0) is 52.1 Å². The minimum Gasteiger partial charge on any atom is -0.307 e. The highest BCUT2D eigenvalue weighted by molar-refractivity contribution is 7.86. The van der Waals surface area contributed by atoms with Crippen molar-refractivity contribution in [2.45, 2.75) is 0 Å². The Bertz CT molecular complexity index is 2050. The van der Waals surface area contributed by atoms with E-state index in [-0.39, 0.29) is 0 Å². The molecule has 0 bridgehead atoms. The zero-order valence-electron chi connectivity index (χ0n) is 22.3. The van der Waals surface area contributed by atoms with Gasteiger partial charge in [-0.1, -0.05) is 133 Å². The first-order chi connectivity index (χ1) is 20.2. The first-order valence-corrected chi connectivity index (χ1v) is 15.6. The van der Waals surface area contributed by atoms with E-state index in [0.29, 0.717) is 0 Å². The van der Waals surface area contributed by atoms with Crippen LogP contribution in [0.4, 0.5) is 0 Å². The van der Waals surface area contributed by atoms with Crippen LogP contribution in [0.3, 0.4) is 0 Å². The van der Waals surface area contributed by atoms with Crippen molar-refractivity contribution in [3.8, 4) is 39.1 Å². The average Bonchev–Trinajstić information content (AvgIpc) is 3.54. The van der Waals surface area contributed by atoms with Gasteiger partial charge in [0.05, 0.1) is 5.52 Å². The molecule has 2 heterocycles. The average molecular weight is 544 g/mol. The van der Waals surface area contributed by atoms with Gasteiger partial charge in [-0.3, -0.25) is 0 Å². The van der Waals surface area contributed by atoms with Gasteiger partial charge in [0.25, 0.3) is 0 Å². The molecule has 2 nitrogen and oxygen atoms in total. The third kappa shape index (κ3) is 3.62. The van der Waals surface area contributed by atoms with Crippen molar-refractivity contribution >= 4 is 34.1 Å². The Morgan fingerprint density at radius 3 is 1.68 bits per heavy atom. The third-order valence-electron chi connectivity index (χ3n) is 8.17. The fraction of sp³-hybridized carbons (Fsp3) is 0. The van der Waals surface area contributed by atoms with E-state index in [1.165, 1.54) is 0 Å². The summed E-state index contributed by atoms with van der Waals surface area (Å²) in [6.45, 7) is 0. The topological polar surface area (TPSA) is 22.0 Å². The van der Waals surface area contributed by atoms with Crippen molar-refractivity contribution in [3.63, 3.8) is 0 Å². The van der Waals surface area contributed by atoms with Crippen molar-refractivity contribution in [1.29, 1.82) is 0 Å². The van der Waals surface area contributed by atoms with Crippen LogP contribution >= 0.6 is 7.14 Å². The summed E-state index contributed by atoms with van der Waals surface area (Å²) in [4.78, 5) is 0. The molecule has 41 heavy (non-hydrogen) atoms. The van der Waals surface area contributed by atoms with Crippen molar-refractivity contribution in [3.05, 3.63) is 158 Å². The molecule has 8 rings (SSSR count). The van der Waals surface area contributed by atoms with Gasteiger partial charge >= 0.3 is 0 Å². The highest BCUT2D eigenvalue weighted by Crippen LogP contribution is 2.55. The SMILES string of the molecule is O=P1(c2ccccc2)c2ccccc2-c2c1n(-c1cc(-c3ccccc3)cc(-c3ccccc3)c1)c1ccccc21. The summed E-state index contributed by atoms with van der Waals surface area (Å²) < 4.78 is 18.0. The van der Waals surface area contributed by atoms with E-state index in [4.69, 9.17) is 0 Å². The molecule has 1 aliphatic rings. The van der Waals surface area contributed by atoms with Crippen molar-refractivity contribution in [1.82, 2.24) is 4.57 Å². The summed E-state index contributed by atoms with van der Waals surface area (Å²) in [5.74, 6) is 0. The smallest absolute Gasteiger partial charge is 0.188 e. The second kappa shape index (κ2) is 9.34. The van der Waals surface area contributed by atoms with Crippen LogP contribution in [-0.2, 0) is 4.57 Å². The van der Waals surface area contributed by atoms with Gasteiger partial charge in [0.15, 0.2) is 7.14 Å². The van der Waals surface area contributed by atoms with Crippen molar-refractivity contribution in [2.75, 3.05) is 0 Å². The van der Waals surface area contributed by atoms with Crippen LogP contribution < -0.4 is 16.0 Å². The van der Waals surface area contributed by atoms with Crippen LogP contribution in [0.1, 0.15) is 0 Å². The molecule has 194 valence electrons. The van der Waals surface area contributed by atoms with Crippen LogP contribution in [0.25, 0.3) is 50.0 Å². The van der Waals surface area contributed by atoms with E-state index in [0.717, 1.165) is 66.0 Å². The van der Waals surface area contributed by atoms with E-state index in [9.17, 15) is 0 Å². The zero-order valence-corrected chi connectivity index (χ0v) is 23.2. The molecule has 0 N–H and O–H groups in total. The normalized spacial score (nSPS) is 15.5. The number of rotatable bonds is 4. The van der Waals surface area contributed by atoms with Gasteiger partial charge in [-0.2, -0.15) is 0 Å². The van der Waals surface area contributed by atoms with Crippen LogP contribution in [0.5, 0.6) is 0 Å². The maximum absolute atomic E-state index is 15.7. The summed E-state index contributed by atoms with van der Waals surface area (Å²) >= 11 is 0. The van der Waals surface area contributed by atoms with Crippen molar-refractivity contribution in [2.24, 2.45) is 0 Å². The highest BCUT2D eigenvalue weighted by atomic mass is 31.2. The molecule has 0 radical (unpaired) electrons. The largest absolute Gasteiger partial charge is 0.307 e. The lowest BCUT2D eigenvalue weighted by Gasteiger charge is -2.21. The molecule has 0 amide bonds. The second-order valence-electron chi connectivity index (χ2n) is 10.5. The van der Waals surface area contributed by atoms with E-state index < -0.39 is 7.14 Å². The van der Waals surface area contributed by atoms with Gasteiger partial charge in [0, 0.05) is 27.2 Å². The fourth-order valence-electron chi connectivity index (χ4n) is 6.36. The Morgan fingerprint density at radius 1 is 0.488 bits per heavy atom. The Morgan fingerprint density at radius 2 is 1.02 bits per heavy atom. The van der Waals surface area contributed by atoms with E-state index in [2.05, 4.69) is 114 Å². The van der Waals surface area contributed by atoms with Gasteiger partial charge in [-0.25, -0.2) is 0 Å². The summed E-state index contributed by atoms with van der Waals surface area (Å²) in [6.07, 6.45) is 0. The van der Waals surface area contributed by atoms with E-state index in [1.54, 1.807) is 0 Å². The molecule has 0 fully saturated rings. The minimum absolute atomic E-state index is 0.859. The lowest BCUT2D eigenvalue weighted by Crippen LogP contribution is -2.26. The van der Waals surface area contributed by atoms with Crippen LogP contribution in [0, 0.1) is 0 Å². The maximum Gasteiger partial charge on any atom is 0.188 e. The quantitative estimate of drug-likeness (QED) is 0.204. The van der Waals surface area contributed by atoms with Gasteiger partial charge in [0.2, 0.25) is 0 Å². The Kier molecular flexibility index (Phi) is 5.45. The molecular formula is C38H26NOP. The molecule has 6 aromatic carbocycles. The number of fused-ring (bicyclic) bond motifs is 5. The van der Waals surface area contributed by atoms with Crippen LogP contribution in [0.15, 0.2) is 158 Å². The number of nitrogens with zero attached hydrogens (tertiary/aromatic N) is 1. The third-order valence-corrected chi connectivity index (χ3v) is 11.3. The summed E-state index contributed by atoms with van der Waals surface area (Å²) in [5, 5.41) is 2.89. The number of benzene rings is 6. The molecule has 0 aliphatic carbocycles. The molecule has 1 atom stereocenters. The Balaban J connectivity index is 1.51. The van der Waals surface area contributed by atoms with E-state index in [1.807, 2.05) is 48.5 Å². The maximum atomic E-state index is 15.7. The molecule has 1 unspecified atom stereocenters. The molecule has 7 aromatic rings. The zero-order chi connectivity index (χ0) is 27.4. The fourth-order valence-corrected chi connectivity index (χ4v) is 9.58. The van der Waals surface area contributed by atoms with Gasteiger partial charge in [0.1, 0.15) is 5.44 Å². The molecule has 1 aliphatic heterocycles. The molecular weight excluding hydrogens is 517 g/mol. The Labute approximate surface area is 239 Å². The number of hydrogen-bond acceptors (Lipinski definition) is 1. The Hall–Kier alpha value is -4.91. The van der Waals surface area contributed by atoms with Gasteiger partial charge in [-0.15, -0.1) is 0 Å². The number of para-hydroxylation sites is 1. The van der Waals surface area contributed by atoms with Crippen LogP contribution in [0.2, 0.25) is 0 Å². The molecule has 0 saturated heterocycles. The summed E-state index contributed by atoms with van der Waals surface area (Å²) in [5.41, 5.74) is 9.64. The summed E-state index contributed by atoms with van der Waals surface area (Å²) in [6, 6.07) is 54.5. The highest BCUT2D eigenvalue weighted by Gasteiger charge is 2.44. The number of hydrogen-bond donors (Lipinski definition) is 0. The number of aromatic nitrogens is 1. The molecule has 0 spiro atoms. The second-order valence-corrected chi connectivity index (χ2v) is 13.2. The molecule has 3 heteroatoms. The van der Waals surface area contributed by atoms with Crippen molar-refractivity contribution < 1.29 is 4.57 Å². The first kappa shape index (κ1) is 23.9. The lowest BCUT2D eigenvalue weighted by atomic mass is 9.98. The first-order valence-electron chi connectivity index (χ1n) is 13.9. The lowest BCUT2D eigenvalue weighted by molar-refractivity contribution is 0.592. The molecule has 1 aromatic heterocycles. The van der Waals surface area contributed by atoms with Crippen LogP contribution in [-0.4, -0.2) is 4.57 Å². The molecule has 0 saturated carbocycles. The predicted molar refractivity (Wildman–Crippen MR) is 173 cm³/mol. The standard InChI is InChI=1S/C38H26NOP/c40-41(32-18-8-3-9-19-32)36-23-13-11-21-34(36)37-33-20-10-12-22-35(33)39(38(37)41)31-25-29(27-14-4-1-5-15-27)24-30(26-31)28-16-6-2-7-17-28/h1-26H. The minimum atomic E-state index is -3.19. The predicted octanol–water partition coefficient (Wildman–Crippen LogP) is 8.58. The monoisotopic (exact) mass is 543 g/mol.